The van der Waals surface area contributed by atoms with Gasteiger partial charge in [0.05, 0.1) is 11.8 Å². The van der Waals surface area contributed by atoms with Crippen molar-refractivity contribution in [2.45, 2.75) is 6.92 Å². The molecule has 3 rings (SSSR count). The van der Waals surface area contributed by atoms with Gasteiger partial charge in [0.1, 0.15) is 17.4 Å². The van der Waals surface area contributed by atoms with Crippen LogP contribution in [0.1, 0.15) is 20.1 Å². The minimum atomic E-state index is -0.756. The molecule has 1 aromatic heterocycles. The second kappa shape index (κ2) is 7.45. The molecule has 3 aromatic rings. The number of aryl methyl sites for hydroxylation is 1. The van der Waals surface area contributed by atoms with Gasteiger partial charge in [-0.3, -0.25) is 4.79 Å². The average molecular weight is 372 g/mol. The van der Waals surface area contributed by atoms with Crippen molar-refractivity contribution in [2.75, 3.05) is 0 Å². The van der Waals surface area contributed by atoms with E-state index in [1.165, 1.54) is 41.8 Å². The van der Waals surface area contributed by atoms with Gasteiger partial charge in [0.15, 0.2) is 0 Å². The summed E-state index contributed by atoms with van der Waals surface area (Å²) in [6.07, 6.45) is 1.50. The van der Waals surface area contributed by atoms with E-state index in [9.17, 15) is 18.7 Å². The zero-order valence-electron chi connectivity index (χ0n) is 13.7. The number of hydrogen-bond acceptors (Lipinski definition) is 4. The molecule has 0 aliphatic rings. The molecule has 0 unspecified atom stereocenters. The highest BCUT2D eigenvalue weighted by Gasteiger charge is 2.14. The predicted molar refractivity (Wildman–Crippen MR) is 97.6 cm³/mol. The third kappa shape index (κ3) is 3.94. The minimum absolute atomic E-state index is 0.0641. The number of hydrogen-bond donors (Lipinski definition) is 2. The zero-order chi connectivity index (χ0) is 18.7. The number of thiophene rings is 1. The van der Waals surface area contributed by atoms with E-state index in [0.29, 0.717) is 5.56 Å². The van der Waals surface area contributed by atoms with Crippen LogP contribution in [0.2, 0.25) is 0 Å². The molecule has 4 nitrogen and oxygen atoms in total. The first-order valence-electron chi connectivity index (χ1n) is 7.62. The van der Waals surface area contributed by atoms with E-state index in [0.717, 1.165) is 21.9 Å². The first-order valence-corrected chi connectivity index (χ1v) is 8.44. The molecule has 0 aliphatic heterocycles. The Morgan fingerprint density at radius 2 is 1.96 bits per heavy atom. The Balaban J connectivity index is 1.83. The van der Waals surface area contributed by atoms with Gasteiger partial charge in [-0.05, 0) is 48.9 Å². The fourth-order valence-electron chi connectivity index (χ4n) is 2.35. The van der Waals surface area contributed by atoms with Crippen LogP contribution < -0.4 is 5.43 Å². The van der Waals surface area contributed by atoms with E-state index < -0.39 is 17.5 Å². The van der Waals surface area contributed by atoms with Gasteiger partial charge < -0.3 is 5.11 Å². The summed E-state index contributed by atoms with van der Waals surface area (Å²) in [6, 6.07) is 11.0. The third-order valence-electron chi connectivity index (χ3n) is 3.60. The molecule has 1 heterocycles. The van der Waals surface area contributed by atoms with Gasteiger partial charge in [0.2, 0.25) is 0 Å². The monoisotopic (exact) mass is 372 g/mol. The van der Waals surface area contributed by atoms with Crippen LogP contribution in [0.3, 0.4) is 0 Å². The molecule has 0 aliphatic carbocycles. The van der Waals surface area contributed by atoms with Crippen molar-refractivity contribution in [3.63, 3.8) is 0 Å². The summed E-state index contributed by atoms with van der Waals surface area (Å²) in [5.41, 5.74) is 2.72. The van der Waals surface area contributed by atoms with Crippen molar-refractivity contribution in [3.05, 3.63) is 75.5 Å². The molecule has 7 heteroatoms. The first kappa shape index (κ1) is 17.8. The standard InChI is InChI=1S/C19H14F2N2O2S/c1-11-2-5-14(26-11)10-22-23-19(25)16-8-12(3-7-18(16)24)15-6-4-13(20)9-17(15)21/h2-10,24H,1H3,(H,23,25)/b22-10+. The van der Waals surface area contributed by atoms with Crippen molar-refractivity contribution in [2.24, 2.45) is 5.10 Å². The number of halogens is 2. The Hall–Kier alpha value is -3.06. The second-order valence-electron chi connectivity index (χ2n) is 5.50. The number of phenols is 1. The SMILES string of the molecule is Cc1ccc(/C=N/NC(=O)c2cc(-c3ccc(F)cc3F)ccc2O)s1. The molecule has 2 aromatic carbocycles. The highest BCUT2D eigenvalue weighted by atomic mass is 32.1. The summed E-state index contributed by atoms with van der Waals surface area (Å²) in [6.45, 7) is 1.96. The normalized spacial score (nSPS) is 11.0. The molecule has 0 spiro atoms. The van der Waals surface area contributed by atoms with Crippen LogP contribution in [0.25, 0.3) is 11.1 Å². The molecule has 1 amide bonds. The van der Waals surface area contributed by atoms with Crippen LogP contribution >= 0.6 is 11.3 Å². The lowest BCUT2D eigenvalue weighted by Gasteiger charge is -2.08. The summed E-state index contributed by atoms with van der Waals surface area (Å²) in [4.78, 5) is 14.2. The largest absolute Gasteiger partial charge is 0.507 e. The van der Waals surface area contributed by atoms with Crippen LogP contribution in [0.4, 0.5) is 8.78 Å². The Kier molecular flexibility index (Phi) is 5.09. The molecule has 2 N–H and O–H groups in total. The fraction of sp³-hybridized carbons (Fsp3) is 0.0526. The maximum atomic E-state index is 13.9. The number of carbonyl (C=O) groups is 1. The van der Waals surface area contributed by atoms with Crippen LogP contribution in [0.5, 0.6) is 5.75 Å². The Bertz CT molecular complexity index is 999. The average Bonchev–Trinajstić information content (AvgIpc) is 3.01. The van der Waals surface area contributed by atoms with Gasteiger partial charge in [-0.2, -0.15) is 5.10 Å². The van der Waals surface area contributed by atoms with E-state index in [1.54, 1.807) is 0 Å². The zero-order valence-corrected chi connectivity index (χ0v) is 14.5. The molecule has 0 fully saturated rings. The number of nitrogens with one attached hydrogen (secondary N) is 1. The lowest BCUT2D eigenvalue weighted by Crippen LogP contribution is -2.17. The molecule has 26 heavy (non-hydrogen) atoms. The van der Waals surface area contributed by atoms with Crippen molar-refractivity contribution in [1.82, 2.24) is 5.43 Å². The highest BCUT2D eigenvalue weighted by molar-refractivity contribution is 7.13. The number of nitrogens with zero attached hydrogens (tertiary/aromatic N) is 1. The van der Waals surface area contributed by atoms with E-state index in [-0.39, 0.29) is 16.9 Å². The molecule has 0 saturated heterocycles. The van der Waals surface area contributed by atoms with Crippen molar-refractivity contribution in [3.8, 4) is 16.9 Å². The van der Waals surface area contributed by atoms with E-state index in [1.807, 2.05) is 19.1 Å². The van der Waals surface area contributed by atoms with E-state index in [4.69, 9.17) is 0 Å². The minimum Gasteiger partial charge on any atom is -0.507 e. The maximum absolute atomic E-state index is 13.9. The van der Waals surface area contributed by atoms with Gasteiger partial charge in [-0.25, -0.2) is 14.2 Å². The highest BCUT2D eigenvalue weighted by Crippen LogP contribution is 2.28. The fourth-order valence-corrected chi connectivity index (χ4v) is 3.10. The van der Waals surface area contributed by atoms with Crippen molar-refractivity contribution in [1.29, 1.82) is 0 Å². The van der Waals surface area contributed by atoms with Gasteiger partial charge in [0, 0.05) is 21.4 Å². The Morgan fingerprint density at radius 3 is 2.65 bits per heavy atom. The molecule has 0 bridgehead atoms. The van der Waals surface area contributed by atoms with Crippen molar-refractivity contribution < 1.29 is 18.7 Å². The number of carbonyl (C=O) groups excluding carboxylic acids is 1. The number of aromatic hydroxyl groups is 1. The third-order valence-corrected chi connectivity index (χ3v) is 4.54. The van der Waals surface area contributed by atoms with Crippen LogP contribution in [-0.4, -0.2) is 17.2 Å². The smallest absolute Gasteiger partial charge is 0.275 e. The lowest BCUT2D eigenvalue weighted by molar-refractivity contribution is 0.0952. The van der Waals surface area contributed by atoms with Gasteiger partial charge in [-0.15, -0.1) is 11.3 Å². The quantitative estimate of drug-likeness (QED) is 0.524. The Labute approximate surface area is 152 Å². The van der Waals surface area contributed by atoms with Crippen LogP contribution in [0.15, 0.2) is 53.6 Å². The topological polar surface area (TPSA) is 61.7 Å². The second-order valence-corrected chi connectivity index (χ2v) is 6.82. The van der Waals surface area contributed by atoms with Crippen molar-refractivity contribution >= 4 is 23.5 Å². The van der Waals surface area contributed by atoms with E-state index in [2.05, 4.69) is 10.5 Å². The number of amides is 1. The molecule has 0 radical (unpaired) electrons. The summed E-state index contributed by atoms with van der Waals surface area (Å²) in [5, 5.41) is 13.8. The Morgan fingerprint density at radius 1 is 1.15 bits per heavy atom. The predicted octanol–water partition coefficient (Wildman–Crippen LogP) is 4.47. The van der Waals surface area contributed by atoms with Crippen LogP contribution in [0, 0.1) is 18.6 Å². The molecule has 132 valence electrons. The summed E-state index contributed by atoms with van der Waals surface area (Å²) in [5.74, 6) is -2.36. The van der Waals surface area contributed by atoms with Gasteiger partial charge >= 0.3 is 0 Å². The molecule has 0 saturated carbocycles. The summed E-state index contributed by atoms with van der Waals surface area (Å²) in [7, 11) is 0. The summed E-state index contributed by atoms with van der Waals surface area (Å²) >= 11 is 1.52. The number of benzene rings is 2. The number of rotatable bonds is 4. The molecular formula is C19H14F2N2O2S. The summed E-state index contributed by atoms with van der Waals surface area (Å²) < 4.78 is 27.0. The van der Waals surface area contributed by atoms with Crippen LogP contribution in [-0.2, 0) is 0 Å². The van der Waals surface area contributed by atoms with E-state index >= 15 is 0 Å². The molecular weight excluding hydrogens is 358 g/mol. The number of phenolic OH excluding ortho intramolecular Hbond substituents is 1. The lowest BCUT2D eigenvalue weighted by atomic mass is 10.0. The maximum Gasteiger partial charge on any atom is 0.275 e. The first-order chi connectivity index (χ1) is 12.4. The van der Waals surface area contributed by atoms with Gasteiger partial charge in [0.25, 0.3) is 5.91 Å². The van der Waals surface area contributed by atoms with Gasteiger partial charge in [-0.1, -0.05) is 6.07 Å². The number of hydrazone groups is 1. The molecule has 0 atom stereocenters.